The Balaban J connectivity index is 2.08. The van der Waals surface area contributed by atoms with Gasteiger partial charge >= 0.3 is 0 Å². The molecule has 3 heteroatoms. The maximum absolute atomic E-state index is 9.28. The molecule has 0 amide bonds. The van der Waals surface area contributed by atoms with Crippen LogP contribution in [0.5, 0.6) is 0 Å². The number of aliphatic hydroxyl groups excluding tert-OH is 1. The van der Waals surface area contributed by atoms with Crippen LogP contribution >= 0.6 is 11.6 Å². The fraction of sp³-hybridized carbons (Fsp3) is 0.571. The van der Waals surface area contributed by atoms with E-state index in [4.69, 9.17) is 11.6 Å². The molecule has 0 radical (unpaired) electrons. The molecule has 17 heavy (non-hydrogen) atoms. The molecule has 1 aliphatic rings. The standard InChI is InChI=1S/C14H20ClNO/c1-2-13(9-17)16-14(10-3-4-10)11-5-7-12(15)8-6-11/h5-8,10,13-14,16-17H,2-4,9H2,1H3/t13-,14?/m1/s1. The molecule has 1 unspecified atom stereocenters. The third kappa shape index (κ3) is 3.44. The van der Waals surface area contributed by atoms with Gasteiger partial charge in [0.15, 0.2) is 0 Å². The van der Waals surface area contributed by atoms with Crippen LogP contribution in [0.2, 0.25) is 5.02 Å². The van der Waals surface area contributed by atoms with Gasteiger partial charge in [0, 0.05) is 17.1 Å². The van der Waals surface area contributed by atoms with Gasteiger partial charge in [-0.2, -0.15) is 0 Å². The van der Waals surface area contributed by atoms with Gasteiger partial charge in [0.1, 0.15) is 0 Å². The lowest BCUT2D eigenvalue weighted by molar-refractivity contribution is 0.223. The molecule has 0 bridgehead atoms. The van der Waals surface area contributed by atoms with Gasteiger partial charge in [0.05, 0.1) is 6.61 Å². The highest BCUT2D eigenvalue weighted by Crippen LogP contribution is 2.41. The Kier molecular flexibility index (Phi) is 4.43. The van der Waals surface area contributed by atoms with E-state index in [9.17, 15) is 5.11 Å². The van der Waals surface area contributed by atoms with Gasteiger partial charge in [-0.05, 0) is 42.9 Å². The number of rotatable bonds is 6. The summed E-state index contributed by atoms with van der Waals surface area (Å²) in [7, 11) is 0. The molecule has 2 rings (SSSR count). The first-order valence-electron chi connectivity index (χ1n) is 6.37. The van der Waals surface area contributed by atoms with Crippen LogP contribution in [0.25, 0.3) is 0 Å². The van der Waals surface area contributed by atoms with E-state index in [-0.39, 0.29) is 12.6 Å². The molecule has 94 valence electrons. The zero-order valence-corrected chi connectivity index (χ0v) is 11.0. The second kappa shape index (κ2) is 5.85. The van der Waals surface area contributed by atoms with Crippen molar-refractivity contribution < 1.29 is 5.11 Å². The zero-order chi connectivity index (χ0) is 12.3. The maximum Gasteiger partial charge on any atom is 0.0584 e. The summed E-state index contributed by atoms with van der Waals surface area (Å²) >= 11 is 5.91. The molecule has 2 N–H and O–H groups in total. The molecule has 0 aliphatic heterocycles. The molecule has 1 fully saturated rings. The third-order valence-electron chi connectivity index (χ3n) is 3.45. The van der Waals surface area contributed by atoms with E-state index in [1.54, 1.807) is 0 Å². The highest BCUT2D eigenvalue weighted by Gasteiger charge is 2.33. The molecule has 2 atom stereocenters. The van der Waals surface area contributed by atoms with Crippen molar-refractivity contribution in [3.05, 3.63) is 34.9 Å². The molecule has 0 spiro atoms. The molecule has 1 aliphatic carbocycles. The van der Waals surface area contributed by atoms with Gasteiger partial charge < -0.3 is 10.4 Å². The average Bonchev–Trinajstić information content (AvgIpc) is 3.17. The Labute approximate surface area is 108 Å². The summed E-state index contributed by atoms with van der Waals surface area (Å²) in [6, 6.07) is 8.60. The van der Waals surface area contributed by atoms with Crippen LogP contribution < -0.4 is 5.32 Å². The summed E-state index contributed by atoms with van der Waals surface area (Å²) in [5.74, 6) is 0.719. The molecule has 0 heterocycles. The largest absolute Gasteiger partial charge is 0.395 e. The van der Waals surface area contributed by atoms with Crippen LogP contribution in [0.15, 0.2) is 24.3 Å². The van der Waals surface area contributed by atoms with Gasteiger partial charge in [0.2, 0.25) is 0 Å². The van der Waals surface area contributed by atoms with Crippen molar-refractivity contribution in [1.82, 2.24) is 5.32 Å². The van der Waals surface area contributed by atoms with Crippen LogP contribution in [0.3, 0.4) is 0 Å². The fourth-order valence-electron chi connectivity index (χ4n) is 2.16. The van der Waals surface area contributed by atoms with Crippen LogP contribution in [-0.2, 0) is 0 Å². The first kappa shape index (κ1) is 12.9. The van der Waals surface area contributed by atoms with E-state index in [2.05, 4.69) is 24.4 Å². The van der Waals surface area contributed by atoms with Gasteiger partial charge in [-0.25, -0.2) is 0 Å². The van der Waals surface area contributed by atoms with E-state index in [1.807, 2.05) is 12.1 Å². The Morgan fingerprint density at radius 3 is 2.47 bits per heavy atom. The molecule has 0 saturated heterocycles. The topological polar surface area (TPSA) is 32.3 Å². The van der Waals surface area contributed by atoms with Gasteiger partial charge in [-0.15, -0.1) is 0 Å². The van der Waals surface area contributed by atoms with Gasteiger partial charge in [0.25, 0.3) is 0 Å². The number of hydrogen-bond donors (Lipinski definition) is 2. The van der Waals surface area contributed by atoms with E-state index in [0.717, 1.165) is 17.4 Å². The summed E-state index contributed by atoms with van der Waals surface area (Å²) < 4.78 is 0. The van der Waals surface area contributed by atoms with E-state index < -0.39 is 0 Å². The average molecular weight is 254 g/mol. The lowest BCUT2D eigenvalue weighted by Crippen LogP contribution is -2.36. The predicted molar refractivity (Wildman–Crippen MR) is 71.2 cm³/mol. The smallest absolute Gasteiger partial charge is 0.0584 e. The number of aliphatic hydroxyl groups is 1. The third-order valence-corrected chi connectivity index (χ3v) is 3.70. The van der Waals surface area contributed by atoms with E-state index >= 15 is 0 Å². The second-order valence-electron chi connectivity index (χ2n) is 4.82. The molecule has 1 aromatic carbocycles. The Morgan fingerprint density at radius 1 is 1.35 bits per heavy atom. The first-order valence-corrected chi connectivity index (χ1v) is 6.74. The van der Waals surface area contributed by atoms with E-state index in [0.29, 0.717) is 6.04 Å². The van der Waals surface area contributed by atoms with Crippen LogP contribution in [0.4, 0.5) is 0 Å². The van der Waals surface area contributed by atoms with Crippen LogP contribution in [0.1, 0.15) is 37.8 Å². The maximum atomic E-state index is 9.28. The van der Waals surface area contributed by atoms with Crippen LogP contribution in [0, 0.1) is 5.92 Å². The van der Waals surface area contributed by atoms with Gasteiger partial charge in [-0.3, -0.25) is 0 Å². The zero-order valence-electron chi connectivity index (χ0n) is 10.2. The minimum absolute atomic E-state index is 0.191. The SMILES string of the molecule is CC[C@H](CO)NC(c1ccc(Cl)cc1)C1CC1. The molecule has 0 aromatic heterocycles. The molecular weight excluding hydrogens is 234 g/mol. The lowest BCUT2D eigenvalue weighted by Gasteiger charge is -2.24. The van der Waals surface area contributed by atoms with Crippen molar-refractivity contribution >= 4 is 11.6 Å². The molecule has 1 saturated carbocycles. The number of hydrogen-bond acceptors (Lipinski definition) is 2. The Morgan fingerprint density at radius 2 is 2.00 bits per heavy atom. The quantitative estimate of drug-likeness (QED) is 0.816. The first-order chi connectivity index (χ1) is 8.24. The summed E-state index contributed by atoms with van der Waals surface area (Å²) in [5, 5.41) is 13.6. The van der Waals surface area contributed by atoms with E-state index in [1.165, 1.54) is 18.4 Å². The summed E-state index contributed by atoms with van der Waals surface area (Å²) in [4.78, 5) is 0. The monoisotopic (exact) mass is 253 g/mol. The minimum Gasteiger partial charge on any atom is -0.395 e. The van der Waals surface area contributed by atoms with Crippen molar-refractivity contribution in [3.63, 3.8) is 0 Å². The van der Waals surface area contributed by atoms with Crippen molar-refractivity contribution in [2.45, 2.75) is 38.3 Å². The normalized spacial score (nSPS) is 19.0. The summed E-state index contributed by atoms with van der Waals surface area (Å²) in [6.45, 7) is 2.30. The highest BCUT2D eigenvalue weighted by molar-refractivity contribution is 6.30. The van der Waals surface area contributed by atoms with Crippen molar-refractivity contribution in [2.75, 3.05) is 6.61 Å². The number of benzene rings is 1. The second-order valence-corrected chi connectivity index (χ2v) is 5.26. The fourth-order valence-corrected chi connectivity index (χ4v) is 2.28. The van der Waals surface area contributed by atoms with Crippen molar-refractivity contribution in [3.8, 4) is 0 Å². The molecule has 1 aromatic rings. The molecular formula is C14H20ClNO. The van der Waals surface area contributed by atoms with Crippen molar-refractivity contribution in [1.29, 1.82) is 0 Å². The summed E-state index contributed by atoms with van der Waals surface area (Å²) in [5.41, 5.74) is 1.28. The predicted octanol–water partition coefficient (Wildman–Crippen LogP) is 3.15. The molecule has 2 nitrogen and oxygen atoms in total. The lowest BCUT2D eigenvalue weighted by atomic mass is 10.0. The summed E-state index contributed by atoms with van der Waals surface area (Å²) in [6.07, 6.45) is 3.51. The van der Waals surface area contributed by atoms with Gasteiger partial charge in [-0.1, -0.05) is 30.7 Å². The minimum atomic E-state index is 0.191. The van der Waals surface area contributed by atoms with Crippen LogP contribution in [-0.4, -0.2) is 17.8 Å². The number of halogens is 1. The number of nitrogens with one attached hydrogen (secondary N) is 1. The highest BCUT2D eigenvalue weighted by atomic mass is 35.5. The van der Waals surface area contributed by atoms with Crippen molar-refractivity contribution in [2.24, 2.45) is 5.92 Å². The Hall–Kier alpha value is -0.570. The Bertz CT molecular complexity index is 344.